The number of carboxylic acid groups (broad SMARTS) is 5. The summed E-state index contributed by atoms with van der Waals surface area (Å²) in [6, 6.07) is 10.1. The molecule has 41 nitrogen and oxygen atoms in total. The minimum absolute atomic E-state index is 0.0179. The number of para-hydroxylation sites is 1. The van der Waals surface area contributed by atoms with Crippen LogP contribution in [0.25, 0.3) is 22.1 Å². The zero-order chi connectivity index (χ0) is 94.2. The van der Waals surface area contributed by atoms with Crippen molar-refractivity contribution in [2.75, 3.05) is 95.2 Å². The lowest BCUT2D eigenvalue weighted by molar-refractivity contribution is -0.204. The summed E-state index contributed by atoms with van der Waals surface area (Å²) >= 11 is 0. The summed E-state index contributed by atoms with van der Waals surface area (Å²) in [7, 11) is 8.19. The number of hydrogen-bond acceptors (Lipinski definition) is 31. The molecule has 16 atom stereocenters. The number of methoxy groups -OCH3 is 3. The Bertz CT molecular complexity index is 5500. The summed E-state index contributed by atoms with van der Waals surface area (Å²) in [4.78, 5) is 226. The minimum atomic E-state index is -2.74. The number of likely N-dealkylation sites (N-methyl/N-ethyl adjacent to an activating group) is 1. The summed E-state index contributed by atoms with van der Waals surface area (Å²) in [5.74, 6) is -21.9. The van der Waals surface area contributed by atoms with E-state index in [0.717, 1.165) is 44.5 Å². The van der Waals surface area contributed by atoms with Gasteiger partial charge in [-0.15, -0.1) is 0 Å². The third-order valence-electron chi connectivity index (χ3n) is 26.3. The number of piperidine rings is 1. The summed E-state index contributed by atoms with van der Waals surface area (Å²) in [5, 5.41) is 87.2. The number of Topliss-reactive ketones (excluding diaryl/α,β-unsaturated/α-hetero) is 3. The van der Waals surface area contributed by atoms with Gasteiger partial charge in [0.2, 0.25) is 17.8 Å². The predicted octanol–water partition coefficient (Wildman–Crippen LogP) is 3.15. The van der Waals surface area contributed by atoms with E-state index in [1.54, 1.807) is 19.1 Å². The van der Waals surface area contributed by atoms with Crippen molar-refractivity contribution in [3.63, 3.8) is 0 Å². The zero-order valence-corrected chi connectivity index (χ0v) is 74.1. The standard InChI is InChI=1S/C87H107N15O26S2/c1-8-83(127-7)37-45-38-86(80(122)126-6,68-53(21-25-101(41-45)43-83)52-13-10-11-14-56(52)92-68)55-34-54-60(36-63(55)125-5)100(4)77-85(54)23-26-102-24-12-22-84(9-2,76(85)102)78(120)87(77,124)79(121)98-99-82(123)128-27-28-129-130-42-59(61(104)29-44(3)74(116)117)95-72(114)48(33-65(108)109)31-62(105)58(35-66(110)111)94-71(113)47(32-64(106)107)30-51(103)19-20-57(75(118)119)93-70(112)46-15-17-49(18-16-46)89-39-50-40-90-69-67(91-50)73(115)97-81(88)96-69/h10-18,22,34,36,40,44-45,47-48,57-59,76-78,89,92,120,124H,8-9,19-21,23-33,35,37-39,41-43H2,1-7H3,(H,93,112)(H,94,113)(H,95,114)(H,98,121)(H,99,123)(H,106,107)(H,108,109)(H,110,111)(H,116,117)(H,118,119)(H3,88,90,96,97,115)/t44-,45-,47+,48+,57+,58+,59+,76+,77-,78-,83+,84-,85-,86+,87+/m1/s1. The van der Waals surface area contributed by atoms with Crippen molar-refractivity contribution >= 4 is 144 Å². The van der Waals surface area contributed by atoms with Crippen LogP contribution in [0.15, 0.2) is 83.8 Å². The molecule has 1 aliphatic carbocycles. The maximum Gasteiger partial charge on any atom is 0.426 e. The van der Waals surface area contributed by atoms with Crippen molar-refractivity contribution in [2.45, 2.75) is 176 Å². The van der Waals surface area contributed by atoms with Gasteiger partial charge in [0, 0.05) is 140 Å². The minimum Gasteiger partial charge on any atom is -0.496 e. The number of anilines is 3. The number of nitrogens with two attached hydrogens (primary N) is 1. The van der Waals surface area contributed by atoms with Gasteiger partial charge < -0.3 is 91.6 Å². The largest absolute Gasteiger partial charge is 0.496 e. The van der Waals surface area contributed by atoms with Crippen LogP contribution in [0.1, 0.15) is 143 Å². The van der Waals surface area contributed by atoms with Crippen molar-refractivity contribution in [1.82, 2.24) is 61.5 Å². The van der Waals surface area contributed by atoms with E-state index >= 15 is 9.59 Å². The average Bonchev–Trinajstić information content (AvgIpc) is 1.45. The number of esters is 1. The number of aromatic amines is 2. The quantitative estimate of drug-likeness (QED) is 0.00861. The van der Waals surface area contributed by atoms with E-state index in [0.29, 0.717) is 91.6 Å². The van der Waals surface area contributed by atoms with E-state index < -0.39 is 228 Å². The molecule has 6 aromatic rings. The Balaban J connectivity index is 0.680. The number of aliphatic hydroxyl groups is 2. The Hall–Kier alpha value is -12.2. The third-order valence-corrected chi connectivity index (χ3v) is 28.6. The molecule has 12 rings (SSSR count). The van der Waals surface area contributed by atoms with Crippen LogP contribution < -0.4 is 53.0 Å². The van der Waals surface area contributed by atoms with E-state index in [4.69, 9.17) is 24.7 Å². The van der Waals surface area contributed by atoms with E-state index in [2.05, 4.69) is 73.8 Å². The number of aliphatic carboxylic acids is 5. The molecule has 8 heterocycles. The number of nitrogens with zero attached hydrogens (tertiary/aromatic N) is 6. The molecule has 3 aromatic heterocycles. The second-order valence-corrected chi connectivity index (χ2v) is 36.7. The first-order chi connectivity index (χ1) is 61.8. The molecular weight excluding hydrogens is 1740 g/mol. The highest BCUT2D eigenvalue weighted by atomic mass is 33.1. The molecule has 6 aliphatic rings. The monoisotopic (exact) mass is 1840 g/mol. The molecule has 130 heavy (non-hydrogen) atoms. The number of hydrogen-bond donors (Lipinski definition) is 16. The van der Waals surface area contributed by atoms with Gasteiger partial charge in [-0.05, 0) is 105 Å². The molecular formula is C87H107N15O26S2. The maximum absolute atomic E-state index is 15.8. The summed E-state index contributed by atoms with van der Waals surface area (Å²) < 4.78 is 24.3. The Morgan fingerprint density at radius 1 is 0.746 bits per heavy atom. The van der Waals surface area contributed by atoms with Gasteiger partial charge in [0.05, 0.1) is 93.4 Å². The smallest absolute Gasteiger partial charge is 0.426 e. The highest BCUT2D eigenvalue weighted by Crippen LogP contribution is 2.68. The number of ketones is 3. The van der Waals surface area contributed by atoms with Gasteiger partial charge in [-0.3, -0.25) is 82.5 Å². The van der Waals surface area contributed by atoms with Gasteiger partial charge in [0.25, 0.3) is 17.4 Å². The van der Waals surface area contributed by atoms with Crippen LogP contribution in [0.2, 0.25) is 0 Å². The van der Waals surface area contributed by atoms with E-state index in [9.17, 15) is 98.1 Å². The molecule has 698 valence electrons. The van der Waals surface area contributed by atoms with Crippen molar-refractivity contribution in [1.29, 1.82) is 0 Å². The lowest BCUT2D eigenvalue weighted by Crippen LogP contribution is -2.82. The van der Waals surface area contributed by atoms with E-state index in [-0.39, 0.29) is 59.5 Å². The molecule has 1 unspecified atom stereocenters. The third kappa shape index (κ3) is 19.8. The summed E-state index contributed by atoms with van der Waals surface area (Å²) in [6.07, 6.45) is -2.62. The number of carbonyl (C=O) groups is 14. The van der Waals surface area contributed by atoms with Crippen molar-refractivity contribution in [3.05, 3.63) is 123 Å². The van der Waals surface area contributed by atoms with E-state index in [1.165, 1.54) is 51.6 Å². The first kappa shape index (κ1) is 96.9. The lowest BCUT2D eigenvalue weighted by atomic mass is 9.47. The Kier molecular flexibility index (Phi) is 30.2. The zero-order valence-electron chi connectivity index (χ0n) is 72.5. The number of H-pyrrole nitrogens is 2. The molecule has 43 heteroatoms. The Morgan fingerprint density at radius 3 is 2.10 bits per heavy atom. The maximum atomic E-state index is 15.8. The molecule has 1 saturated carbocycles. The van der Waals surface area contributed by atoms with Crippen LogP contribution in [0, 0.1) is 29.1 Å². The number of carboxylic acids is 5. The van der Waals surface area contributed by atoms with E-state index in [1.807, 2.05) is 55.5 Å². The van der Waals surface area contributed by atoms with Gasteiger partial charge >= 0.3 is 41.9 Å². The van der Waals surface area contributed by atoms with Gasteiger partial charge in [-0.25, -0.2) is 25.0 Å². The number of fused-ring (bicyclic) bond motifs is 7. The molecule has 17 N–H and O–H groups in total. The molecule has 5 amide bonds. The van der Waals surface area contributed by atoms with Crippen LogP contribution in [-0.4, -0.2) is 280 Å². The Morgan fingerprint density at radius 2 is 1.44 bits per heavy atom. The van der Waals surface area contributed by atoms with Crippen LogP contribution in [-0.2, 0) is 95.5 Å². The van der Waals surface area contributed by atoms with Gasteiger partial charge in [0.1, 0.15) is 35.7 Å². The fraction of sp³-hybridized carbons (Fsp3) is 0.517. The molecule has 0 radical (unpaired) electrons. The number of aromatic nitrogens is 5. The van der Waals surface area contributed by atoms with Gasteiger partial charge in [-0.2, -0.15) is 4.98 Å². The first-order valence-electron chi connectivity index (χ1n) is 42.5. The number of nitrogen functional groups attached to an aromatic ring is 1. The number of amides is 5. The fourth-order valence-corrected chi connectivity index (χ4v) is 22.2. The number of nitrogens with one attached hydrogen (secondary N) is 8. The number of carbonyl (C=O) groups excluding carboxylic acids is 9. The number of aliphatic hydroxyl groups excluding tert-OH is 1. The first-order valence-corrected chi connectivity index (χ1v) is 45.0. The van der Waals surface area contributed by atoms with Crippen molar-refractivity contribution in [3.8, 4) is 5.75 Å². The molecule has 3 fully saturated rings. The lowest BCUT2D eigenvalue weighted by Gasteiger charge is -2.63. The van der Waals surface area contributed by atoms with Crippen LogP contribution >= 0.6 is 21.6 Å². The van der Waals surface area contributed by atoms with Gasteiger partial charge in [-0.1, -0.05) is 72.7 Å². The topological polar surface area (TPSA) is 613 Å². The predicted molar refractivity (Wildman–Crippen MR) is 469 cm³/mol. The molecule has 3 aromatic carbocycles. The SMILES string of the molecule is CC[C@]1(OC)C[C@H]2CN(CCc3c([nH]c4ccccc34)[C@@](C(=O)OC)(c3cc4c(cc3OC)N(C)[C@H]3[C@@](O)(C(=O)NNC(=O)OCCSSC[C@H](NC(=O)[C@H](CC(=O)O)CC(=O)[C@H](CC(=O)O)NC(=O)[C@H](CC(=O)O)CC(=O)CC[C@H](NC(=O)c5ccc(NCc6cnc7nc(N)[nH]c(=O)c7n6)cc5)C(=O)O)C(=O)C[C@@H](C)C(=O)O)[C@H](O)[C@]5(CC)C=CCN6CC[C@]43[C@@H]65)C2)C1. The second kappa shape index (κ2) is 40.5. The average molecular weight is 1840 g/mol. The number of rotatable bonds is 41. The Labute approximate surface area is 752 Å². The normalized spacial score (nSPS) is 24.3. The summed E-state index contributed by atoms with van der Waals surface area (Å²) in [6.45, 7) is 7.80. The molecule has 2 bridgehead atoms. The fourth-order valence-electron chi connectivity index (χ4n) is 20.1. The second-order valence-electron chi connectivity index (χ2n) is 34.1. The number of benzene rings is 3. The van der Waals surface area contributed by atoms with Crippen molar-refractivity contribution < 1.29 is 122 Å². The van der Waals surface area contributed by atoms with Crippen LogP contribution in [0.5, 0.6) is 5.75 Å². The van der Waals surface area contributed by atoms with Crippen molar-refractivity contribution in [2.24, 2.45) is 29.1 Å². The molecule has 1 spiro atoms. The van der Waals surface area contributed by atoms with Crippen LogP contribution in [0.4, 0.5) is 22.1 Å². The van der Waals surface area contributed by atoms with Gasteiger partial charge in [0.15, 0.2) is 28.3 Å². The number of ether oxygens (including phenoxy) is 4. The van der Waals surface area contributed by atoms with Crippen LogP contribution in [0.3, 0.4) is 0 Å². The highest BCUT2D eigenvalue weighted by molar-refractivity contribution is 8.76. The highest BCUT2D eigenvalue weighted by Gasteiger charge is 2.79. The molecule has 2 saturated heterocycles. The molecule has 5 aliphatic heterocycles. The number of hydrazine groups is 1. The summed E-state index contributed by atoms with van der Waals surface area (Å²) in [5.41, 5.74) is 7.10.